The summed E-state index contributed by atoms with van der Waals surface area (Å²) in [5.41, 5.74) is 4.46. The second-order valence-electron chi connectivity index (χ2n) is 6.84. The largest absolute Gasteiger partial charge is 0.335 e. The second kappa shape index (κ2) is 6.74. The molecule has 4 rings (SSSR count). The summed E-state index contributed by atoms with van der Waals surface area (Å²) in [7, 11) is 1.89. The molecule has 0 atom stereocenters. The van der Waals surface area contributed by atoms with Crippen LogP contribution in [0.5, 0.6) is 0 Å². The van der Waals surface area contributed by atoms with E-state index in [1.807, 2.05) is 38.5 Å². The van der Waals surface area contributed by atoms with Crippen molar-refractivity contribution in [1.29, 1.82) is 0 Å². The van der Waals surface area contributed by atoms with Gasteiger partial charge in [0.15, 0.2) is 0 Å². The Labute approximate surface area is 151 Å². The van der Waals surface area contributed by atoms with Crippen molar-refractivity contribution in [3.8, 4) is 11.1 Å². The number of amides is 2. The molecule has 7 heteroatoms. The van der Waals surface area contributed by atoms with Gasteiger partial charge in [0.05, 0.1) is 17.2 Å². The van der Waals surface area contributed by atoms with Gasteiger partial charge in [-0.1, -0.05) is 12.8 Å². The maximum Gasteiger partial charge on any atom is 0.320 e. The summed E-state index contributed by atoms with van der Waals surface area (Å²) in [6, 6.07) is 5.74. The van der Waals surface area contributed by atoms with Crippen molar-refractivity contribution >= 4 is 22.9 Å². The fourth-order valence-electron chi connectivity index (χ4n) is 3.48. The van der Waals surface area contributed by atoms with Gasteiger partial charge < -0.3 is 5.32 Å². The summed E-state index contributed by atoms with van der Waals surface area (Å²) in [5, 5.41) is 10.1. The van der Waals surface area contributed by atoms with Crippen molar-refractivity contribution in [1.82, 2.24) is 25.1 Å². The van der Waals surface area contributed by atoms with Gasteiger partial charge in [-0.2, -0.15) is 5.10 Å². The minimum absolute atomic E-state index is 0.198. The first kappa shape index (κ1) is 16.5. The first-order valence-corrected chi connectivity index (χ1v) is 8.93. The fraction of sp³-hybridized carbons (Fsp3) is 0.368. The molecule has 134 valence electrons. The van der Waals surface area contributed by atoms with Gasteiger partial charge in [-0.15, -0.1) is 0 Å². The third kappa shape index (κ3) is 3.37. The highest BCUT2D eigenvalue weighted by molar-refractivity contribution is 5.90. The van der Waals surface area contributed by atoms with Gasteiger partial charge in [-0.3, -0.25) is 15.0 Å². The lowest BCUT2D eigenvalue weighted by Crippen LogP contribution is -2.36. The number of anilines is 1. The topological polar surface area (TPSA) is 84.7 Å². The van der Waals surface area contributed by atoms with Gasteiger partial charge >= 0.3 is 6.03 Å². The van der Waals surface area contributed by atoms with Gasteiger partial charge in [0.25, 0.3) is 0 Å². The van der Waals surface area contributed by atoms with E-state index in [-0.39, 0.29) is 12.1 Å². The van der Waals surface area contributed by atoms with Crippen LogP contribution in [0.3, 0.4) is 0 Å². The number of nitrogens with zero attached hydrogens (tertiary/aromatic N) is 4. The normalized spacial score (nSPS) is 14.7. The van der Waals surface area contributed by atoms with Crippen LogP contribution in [0.1, 0.15) is 31.4 Å². The Morgan fingerprint density at radius 3 is 2.73 bits per heavy atom. The molecule has 2 N–H and O–H groups in total. The van der Waals surface area contributed by atoms with Crippen LogP contribution < -0.4 is 10.6 Å². The lowest BCUT2D eigenvalue weighted by atomic mass is 10.1. The zero-order valence-corrected chi connectivity index (χ0v) is 15.0. The molecule has 1 aliphatic rings. The van der Waals surface area contributed by atoms with Gasteiger partial charge in [-0.25, -0.2) is 9.78 Å². The molecular weight excluding hydrogens is 328 g/mol. The maximum absolute atomic E-state index is 12.2. The van der Waals surface area contributed by atoms with E-state index in [4.69, 9.17) is 0 Å². The number of carbonyl (C=O) groups excluding carboxylic acids is 1. The maximum atomic E-state index is 12.2. The number of nitrogens with one attached hydrogen (secondary N) is 2. The van der Waals surface area contributed by atoms with E-state index in [1.165, 1.54) is 12.8 Å². The van der Waals surface area contributed by atoms with Gasteiger partial charge in [0, 0.05) is 36.1 Å². The van der Waals surface area contributed by atoms with Crippen LogP contribution in [0.4, 0.5) is 10.6 Å². The summed E-state index contributed by atoms with van der Waals surface area (Å²) >= 11 is 0. The molecule has 26 heavy (non-hydrogen) atoms. The Morgan fingerprint density at radius 1 is 1.19 bits per heavy atom. The highest BCUT2D eigenvalue weighted by Gasteiger charge is 2.17. The van der Waals surface area contributed by atoms with E-state index in [0.717, 1.165) is 40.7 Å². The lowest BCUT2D eigenvalue weighted by Gasteiger charge is -2.13. The third-order valence-corrected chi connectivity index (χ3v) is 4.81. The van der Waals surface area contributed by atoms with Crippen molar-refractivity contribution < 1.29 is 4.79 Å². The van der Waals surface area contributed by atoms with Crippen LogP contribution in [0.15, 0.2) is 30.6 Å². The number of urea groups is 1. The molecule has 2 amide bonds. The van der Waals surface area contributed by atoms with Crippen LogP contribution in [0, 0.1) is 6.92 Å². The van der Waals surface area contributed by atoms with E-state index >= 15 is 0 Å². The summed E-state index contributed by atoms with van der Waals surface area (Å²) in [6.07, 6.45) is 8.23. The molecule has 0 saturated heterocycles. The predicted molar refractivity (Wildman–Crippen MR) is 101 cm³/mol. The number of fused-ring (bicyclic) bond motifs is 1. The smallest absolute Gasteiger partial charge is 0.320 e. The van der Waals surface area contributed by atoms with Crippen molar-refractivity contribution in [2.75, 3.05) is 5.32 Å². The first-order valence-electron chi connectivity index (χ1n) is 8.93. The number of aromatic nitrogens is 4. The Bertz CT molecular complexity index is 958. The molecular formula is C19H22N6O. The van der Waals surface area contributed by atoms with E-state index in [0.29, 0.717) is 5.82 Å². The molecule has 0 aliphatic heterocycles. The Kier molecular flexibility index (Phi) is 4.28. The highest BCUT2D eigenvalue weighted by atomic mass is 16.2. The molecule has 3 aromatic rings. The van der Waals surface area contributed by atoms with E-state index < -0.39 is 0 Å². The average Bonchev–Trinajstić information content (AvgIpc) is 3.26. The second-order valence-corrected chi connectivity index (χ2v) is 6.84. The molecule has 3 heterocycles. The van der Waals surface area contributed by atoms with Crippen LogP contribution in [0.25, 0.3) is 22.2 Å². The minimum atomic E-state index is -0.198. The van der Waals surface area contributed by atoms with Crippen molar-refractivity contribution in [2.24, 2.45) is 7.05 Å². The minimum Gasteiger partial charge on any atom is -0.335 e. The van der Waals surface area contributed by atoms with Crippen molar-refractivity contribution in [2.45, 2.75) is 38.6 Å². The molecule has 0 spiro atoms. The van der Waals surface area contributed by atoms with E-state index in [2.05, 4.69) is 25.7 Å². The highest BCUT2D eigenvalue weighted by Crippen LogP contribution is 2.26. The molecule has 0 aromatic carbocycles. The molecule has 1 fully saturated rings. The Hall–Kier alpha value is -2.96. The monoisotopic (exact) mass is 350 g/mol. The van der Waals surface area contributed by atoms with Crippen molar-refractivity contribution in [3.63, 3.8) is 0 Å². The summed E-state index contributed by atoms with van der Waals surface area (Å²) in [4.78, 5) is 21.4. The molecule has 1 aliphatic carbocycles. The summed E-state index contributed by atoms with van der Waals surface area (Å²) < 4.78 is 1.76. The first-order chi connectivity index (χ1) is 12.6. The van der Waals surface area contributed by atoms with Crippen LogP contribution in [0.2, 0.25) is 0 Å². The number of hydrogen-bond donors (Lipinski definition) is 2. The predicted octanol–water partition coefficient (Wildman–Crippen LogP) is 3.40. The lowest BCUT2D eigenvalue weighted by molar-refractivity contribution is 0.248. The average molecular weight is 350 g/mol. The number of pyridine rings is 2. The van der Waals surface area contributed by atoms with E-state index in [1.54, 1.807) is 10.7 Å². The molecule has 1 saturated carbocycles. The van der Waals surface area contributed by atoms with Gasteiger partial charge in [-0.05, 0) is 38.0 Å². The molecule has 3 aromatic heterocycles. The standard InChI is InChI=1S/C19H22N6O/c1-12-15(13-10-20-25(2)11-13)9-17-16(21-12)7-8-18(23-17)24-19(26)22-14-5-3-4-6-14/h7-11,14H,3-6H2,1-2H3,(H2,22,23,24,26). The van der Waals surface area contributed by atoms with Crippen LogP contribution in [-0.4, -0.2) is 31.8 Å². The fourth-order valence-corrected chi connectivity index (χ4v) is 3.48. The van der Waals surface area contributed by atoms with E-state index in [9.17, 15) is 4.79 Å². The zero-order valence-electron chi connectivity index (χ0n) is 15.0. The van der Waals surface area contributed by atoms with Gasteiger partial charge in [0.1, 0.15) is 5.82 Å². The molecule has 0 radical (unpaired) electrons. The summed E-state index contributed by atoms with van der Waals surface area (Å²) in [5.74, 6) is 0.524. The van der Waals surface area contributed by atoms with Crippen LogP contribution >= 0.6 is 0 Å². The number of aryl methyl sites for hydroxylation is 2. The number of rotatable bonds is 3. The summed E-state index contributed by atoms with van der Waals surface area (Å²) in [6.45, 7) is 1.98. The third-order valence-electron chi connectivity index (χ3n) is 4.81. The van der Waals surface area contributed by atoms with Crippen molar-refractivity contribution in [3.05, 3.63) is 36.3 Å². The molecule has 0 bridgehead atoms. The Morgan fingerprint density at radius 2 is 2.00 bits per heavy atom. The Balaban J connectivity index is 1.59. The molecule has 7 nitrogen and oxygen atoms in total. The number of carbonyl (C=O) groups is 1. The number of hydrogen-bond acceptors (Lipinski definition) is 4. The van der Waals surface area contributed by atoms with Crippen LogP contribution in [-0.2, 0) is 7.05 Å². The SMILES string of the molecule is Cc1nc2ccc(NC(=O)NC3CCCC3)nc2cc1-c1cnn(C)c1. The quantitative estimate of drug-likeness (QED) is 0.758. The zero-order chi connectivity index (χ0) is 18.1. The van der Waals surface area contributed by atoms with Gasteiger partial charge in [0.2, 0.25) is 0 Å². The molecule has 0 unspecified atom stereocenters.